The average molecular weight is 309 g/mol. The number of hydrogen-bond donors (Lipinski definition) is 0. The van der Waals surface area contributed by atoms with Gasteiger partial charge in [0.05, 0.1) is 16.8 Å². The average Bonchev–Trinajstić information content (AvgIpc) is 2.47. The summed E-state index contributed by atoms with van der Waals surface area (Å²) in [7, 11) is -2.60. The molecule has 0 fully saturated rings. The highest BCUT2D eigenvalue weighted by Crippen LogP contribution is 2.26. The minimum absolute atomic E-state index is 0.0844. The first kappa shape index (κ1) is 14.2. The second-order valence-electron chi connectivity index (χ2n) is 3.76. The molecule has 0 spiro atoms. The highest BCUT2D eigenvalue weighted by atomic mass is 35.5. The Labute approximate surface area is 121 Å². The summed E-state index contributed by atoms with van der Waals surface area (Å²) < 4.78 is 26.0. The Balaban J connectivity index is 2.58. The van der Waals surface area contributed by atoms with Gasteiger partial charge in [-0.25, -0.2) is 13.4 Å². The van der Waals surface area contributed by atoms with Gasteiger partial charge in [-0.1, -0.05) is 17.7 Å². The zero-order chi connectivity index (χ0) is 14.8. The minimum Gasteiger partial charge on any atom is -0.259 e. The van der Waals surface area contributed by atoms with E-state index in [4.69, 9.17) is 16.9 Å². The predicted molar refractivity (Wildman–Crippen MR) is 73.8 cm³/mol. The predicted octanol–water partition coefficient (Wildman–Crippen LogP) is 1.83. The van der Waals surface area contributed by atoms with Crippen LogP contribution in [0.1, 0.15) is 5.56 Å². The molecule has 1 aromatic carbocycles. The molecular formula is C12H9ClN4O2S. The molecule has 0 unspecified atom stereocenters. The van der Waals surface area contributed by atoms with E-state index in [0.29, 0.717) is 0 Å². The number of nitrogens with zero attached hydrogens (tertiary/aromatic N) is 4. The molecule has 0 aliphatic carbocycles. The number of benzene rings is 1. The lowest BCUT2D eigenvalue weighted by molar-refractivity contribution is 0.593. The highest BCUT2D eigenvalue weighted by Gasteiger charge is 2.26. The number of anilines is 1. The van der Waals surface area contributed by atoms with E-state index in [0.717, 1.165) is 4.31 Å². The summed E-state index contributed by atoms with van der Waals surface area (Å²) in [5.74, 6) is 0.149. The van der Waals surface area contributed by atoms with E-state index < -0.39 is 10.0 Å². The number of halogens is 1. The van der Waals surface area contributed by atoms with Crippen molar-refractivity contribution in [2.75, 3.05) is 11.4 Å². The quantitative estimate of drug-likeness (QED) is 0.863. The van der Waals surface area contributed by atoms with Gasteiger partial charge in [-0.2, -0.15) is 5.26 Å². The smallest absolute Gasteiger partial charge is 0.259 e. The molecule has 102 valence electrons. The van der Waals surface area contributed by atoms with Crippen molar-refractivity contribution in [2.45, 2.75) is 4.90 Å². The molecule has 0 aliphatic rings. The fraction of sp³-hybridized carbons (Fsp3) is 0.0833. The molecule has 0 aliphatic heterocycles. The van der Waals surface area contributed by atoms with E-state index in [2.05, 4.69) is 9.97 Å². The van der Waals surface area contributed by atoms with Crippen molar-refractivity contribution < 1.29 is 8.42 Å². The van der Waals surface area contributed by atoms with Crippen LogP contribution in [0.4, 0.5) is 5.82 Å². The summed E-state index contributed by atoms with van der Waals surface area (Å²) >= 11 is 5.85. The molecule has 0 atom stereocenters. The second kappa shape index (κ2) is 5.45. The monoisotopic (exact) mass is 308 g/mol. The molecule has 0 saturated heterocycles. The Kier molecular flexibility index (Phi) is 3.88. The van der Waals surface area contributed by atoms with Crippen LogP contribution in [-0.2, 0) is 10.0 Å². The zero-order valence-corrected chi connectivity index (χ0v) is 11.9. The molecule has 20 heavy (non-hydrogen) atoms. The van der Waals surface area contributed by atoms with Crippen LogP contribution >= 0.6 is 11.6 Å². The Morgan fingerprint density at radius 1 is 1.35 bits per heavy atom. The maximum atomic E-state index is 12.5. The number of rotatable bonds is 3. The van der Waals surface area contributed by atoms with Gasteiger partial charge in [0.15, 0.2) is 5.82 Å². The Morgan fingerprint density at radius 2 is 2.10 bits per heavy atom. The molecular weight excluding hydrogens is 300 g/mol. The molecule has 2 aromatic rings. The van der Waals surface area contributed by atoms with Crippen LogP contribution in [0.15, 0.2) is 41.7 Å². The molecule has 0 N–H and O–H groups in total. The van der Waals surface area contributed by atoms with Crippen LogP contribution in [0.25, 0.3) is 0 Å². The summed E-state index contributed by atoms with van der Waals surface area (Å²) in [5, 5.41) is 9.15. The lowest BCUT2D eigenvalue weighted by Gasteiger charge is -2.18. The number of sulfonamides is 1. The SMILES string of the molecule is CN(c1cnccn1)S(=O)(=O)c1cccc(Cl)c1C#N. The summed E-state index contributed by atoms with van der Waals surface area (Å²) in [6.07, 6.45) is 4.13. The van der Waals surface area contributed by atoms with E-state index in [1.165, 1.54) is 43.8 Å². The lowest BCUT2D eigenvalue weighted by Crippen LogP contribution is -2.28. The lowest BCUT2D eigenvalue weighted by atomic mass is 10.2. The molecule has 1 heterocycles. The normalized spacial score (nSPS) is 10.8. The first-order valence-corrected chi connectivity index (χ1v) is 7.24. The Morgan fingerprint density at radius 3 is 2.70 bits per heavy atom. The van der Waals surface area contributed by atoms with E-state index in [1.807, 2.05) is 0 Å². The summed E-state index contributed by atoms with van der Waals surface area (Å²) in [6.45, 7) is 0. The van der Waals surface area contributed by atoms with E-state index >= 15 is 0 Å². The molecule has 0 amide bonds. The first-order chi connectivity index (χ1) is 9.48. The van der Waals surface area contributed by atoms with E-state index in [1.54, 1.807) is 6.07 Å². The highest BCUT2D eigenvalue weighted by molar-refractivity contribution is 7.92. The van der Waals surface area contributed by atoms with Crippen LogP contribution in [0.2, 0.25) is 5.02 Å². The molecule has 0 radical (unpaired) electrons. The van der Waals surface area contributed by atoms with Crippen LogP contribution in [0, 0.1) is 11.3 Å². The van der Waals surface area contributed by atoms with E-state index in [-0.39, 0.29) is 21.3 Å². The van der Waals surface area contributed by atoms with Gasteiger partial charge in [0.2, 0.25) is 0 Å². The maximum absolute atomic E-state index is 12.5. The number of aromatic nitrogens is 2. The standard InChI is InChI=1S/C12H9ClN4O2S/c1-17(12-8-15-5-6-16-12)20(18,19)11-4-2-3-10(13)9(11)7-14/h2-6,8H,1H3. The van der Waals surface area contributed by atoms with E-state index in [9.17, 15) is 8.42 Å². The molecule has 0 bridgehead atoms. The van der Waals surface area contributed by atoms with Gasteiger partial charge in [0, 0.05) is 19.4 Å². The van der Waals surface area contributed by atoms with Crippen molar-refractivity contribution in [3.05, 3.63) is 47.4 Å². The van der Waals surface area contributed by atoms with Gasteiger partial charge in [0.1, 0.15) is 11.0 Å². The van der Waals surface area contributed by atoms with Crippen molar-refractivity contribution in [2.24, 2.45) is 0 Å². The summed E-state index contributed by atoms with van der Waals surface area (Å²) in [6, 6.07) is 6.06. The van der Waals surface area contributed by atoms with Crippen LogP contribution in [0.5, 0.6) is 0 Å². The third kappa shape index (κ3) is 2.43. The second-order valence-corrected chi connectivity index (χ2v) is 6.11. The number of nitriles is 1. The van der Waals surface area contributed by atoms with Crippen molar-refractivity contribution in [3.63, 3.8) is 0 Å². The maximum Gasteiger partial charge on any atom is 0.266 e. The van der Waals surface area contributed by atoms with Crippen LogP contribution < -0.4 is 4.31 Å². The van der Waals surface area contributed by atoms with Gasteiger partial charge in [0.25, 0.3) is 10.0 Å². The third-order valence-electron chi connectivity index (χ3n) is 2.60. The van der Waals surface area contributed by atoms with Gasteiger partial charge < -0.3 is 0 Å². The zero-order valence-electron chi connectivity index (χ0n) is 10.4. The summed E-state index contributed by atoms with van der Waals surface area (Å²) in [5.41, 5.74) is -0.0927. The fourth-order valence-corrected chi connectivity index (χ4v) is 3.12. The topological polar surface area (TPSA) is 87.0 Å². The Bertz CT molecular complexity index is 772. The Hall–Kier alpha value is -2.17. The molecule has 6 nitrogen and oxygen atoms in total. The largest absolute Gasteiger partial charge is 0.266 e. The molecule has 2 rings (SSSR count). The van der Waals surface area contributed by atoms with Gasteiger partial charge in [-0.05, 0) is 12.1 Å². The molecule has 1 aromatic heterocycles. The summed E-state index contributed by atoms with van der Waals surface area (Å²) in [4.78, 5) is 7.56. The number of hydrogen-bond acceptors (Lipinski definition) is 5. The van der Waals surface area contributed by atoms with Gasteiger partial charge in [-0.3, -0.25) is 9.29 Å². The molecule has 0 saturated carbocycles. The van der Waals surface area contributed by atoms with Crippen LogP contribution in [-0.4, -0.2) is 25.4 Å². The van der Waals surface area contributed by atoms with Crippen LogP contribution in [0.3, 0.4) is 0 Å². The molecule has 8 heteroatoms. The van der Waals surface area contributed by atoms with Crippen molar-refractivity contribution >= 4 is 27.4 Å². The van der Waals surface area contributed by atoms with Crippen molar-refractivity contribution in [1.29, 1.82) is 5.26 Å². The van der Waals surface area contributed by atoms with Gasteiger partial charge >= 0.3 is 0 Å². The van der Waals surface area contributed by atoms with Crippen molar-refractivity contribution in [3.8, 4) is 6.07 Å². The van der Waals surface area contributed by atoms with Crippen molar-refractivity contribution in [1.82, 2.24) is 9.97 Å². The first-order valence-electron chi connectivity index (χ1n) is 5.42. The van der Waals surface area contributed by atoms with Gasteiger partial charge in [-0.15, -0.1) is 0 Å². The third-order valence-corrected chi connectivity index (χ3v) is 4.72. The minimum atomic E-state index is -3.93. The fourth-order valence-electron chi connectivity index (χ4n) is 1.55.